The van der Waals surface area contributed by atoms with Gasteiger partial charge < -0.3 is 9.64 Å². The van der Waals surface area contributed by atoms with Crippen LogP contribution in [0.5, 0.6) is 0 Å². The molecule has 1 aliphatic rings. The first-order chi connectivity index (χ1) is 19.4. The third-order valence-electron chi connectivity index (χ3n) is 7.86. The molecule has 0 saturated carbocycles. The maximum atomic E-state index is 14.2. The van der Waals surface area contributed by atoms with E-state index in [2.05, 4.69) is 25.7 Å². The predicted octanol–water partition coefficient (Wildman–Crippen LogP) is 5.21. The molecular formula is C32H38N4O4S. The molecule has 0 radical (unpaired) electrons. The second-order valence-corrected chi connectivity index (χ2v) is 13.7. The van der Waals surface area contributed by atoms with E-state index in [9.17, 15) is 13.2 Å². The normalized spacial score (nSPS) is 15.4. The highest BCUT2D eigenvalue weighted by molar-refractivity contribution is 7.89. The summed E-state index contributed by atoms with van der Waals surface area (Å²) in [7, 11) is -2.35. The van der Waals surface area contributed by atoms with Gasteiger partial charge in [-0.3, -0.25) is 9.36 Å². The van der Waals surface area contributed by atoms with Crippen LogP contribution in [-0.4, -0.2) is 55.6 Å². The van der Waals surface area contributed by atoms with Gasteiger partial charge in [0.2, 0.25) is 10.0 Å². The Hall–Kier alpha value is -3.53. The molecule has 4 aromatic rings. The first kappa shape index (κ1) is 29.0. The minimum absolute atomic E-state index is 0.0950. The Bertz CT molecular complexity index is 1720. The van der Waals surface area contributed by atoms with Crippen LogP contribution in [0.25, 0.3) is 16.6 Å². The van der Waals surface area contributed by atoms with Gasteiger partial charge in [0.15, 0.2) is 0 Å². The van der Waals surface area contributed by atoms with Crippen molar-refractivity contribution in [3.8, 4) is 5.69 Å². The molecule has 3 aromatic carbocycles. The molecule has 9 heteroatoms. The summed E-state index contributed by atoms with van der Waals surface area (Å²) in [4.78, 5) is 21.5. The molecule has 41 heavy (non-hydrogen) atoms. The van der Waals surface area contributed by atoms with Gasteiger partial charge in [-0.1, -0.05) is 50.6 Å². The van der Waals surface area contributed by atoms with Crippen LogP contribution in [-0.2, 0) is 20.2 Å². The van der Waals surface area contributed by atoms with E-state index in [4.69, 9.17) is 9.72 Å². The number of anilines is 1. The van der Waals surface area contributed by atoms with E-state index >= 15 is 0 Å². The summed E-state index contributed by atoms with van der Waals surface area (Å²) in [5, 5.41) is 0.480. The first-order valence-corrected chi connectivity index (χ1v) is 15.4. The summed E-state index contributed by atoms with van der Waals surface area (Å²) < 4.78 is 35.9. The molecule has 0 spiro atoms. The van der Waals surface area contributed by atoms with Crippen LogP contribution in [0.1, 0.15) is 50.7 Å². The van der Waals surface area contributed by atoms with E-state index in [1.165, 1.54) is 11.4 Å². The summed E-state index contributed by atoms with van der Waals surface area (Å²) in [5.41, 5.74) is 3.87. The Morgan fingerprint density at radius 2 is 1.54 bits per heavy atom. The fourth-order valence-corrected chi connectivity index (χ4v) is 6.42. The minimum Gasteiger partial charge on any atom is -0.378 e. The molecule has 216 valence electrons. The van der Waals surface area contributed by atoms with Crippen molar-refractivity contribution in [2.24, 2.45) is 0 Å². The lowest BCUT2D eigenvalue weighted by Crippen LogP contribution is -2.36. The van der Waals surface area contributed by atoms with Crippen LogP contribution < -0.4 is 10.5 Å². The van der Waals surface area contributed by atoms with E-state index in [-0.39, 0.29) is 15.9 Å². The summed E-state index contributed by atoms with van der Waals surface area (Å²) >= 11 is 0. The highest BCUT2D eigenvalue weighted by Crippen LogP contribution is 2.30. The fourth-order valence-electron chi connectivity index (χ4n) is 5.10. The number of sulfonamides is 1. The zero-order valence-electron chi connectivity index (χ0n) is 24.6. The molecule has 0 amide bonds. The van der Waals surface area contributed by atoms with E-state index < -0.39 is 16.1 Å². The Labute approximate surface area is 242 Å². The van der Waals surface area contributed by atoms with Crippen LogP contribution in [0.15, 0.2) is 76.4 Å². The fraction of sp³-hybridized carbons (Fsp3) is 0.375. The quantitative estimate of drug-likeness (QED) is 0.314. The lowest BCUT2D eigenvalue weighted by atomic mass is 9.87. The Balaban J connectivity index is 1.62. The number of hydrogen-bond acceptors (Lipinski definition) is 6. The van der Waals surface area contributed by atoms with Crippen molar-refractivity contribution < 1.29 is 13.2 Å². The van der Waals surface area contributed by atoms with Crippen molar-refractivity contribution in [2.75, 3.05) is 38.3 Å². The van der Waals surface area contributed by atoms with E-state index in [1.807, 2.05) is 61.5 Å². The van der Waals surface area contributed by atoms with E-state index in [0.29, 0.717) is 35.6 Å². The van der Waals surface area contributed by atoms with Crippen molar-refractivity contribution in [1.82, 2.24) is 13.9 Å². The number of aryl methyl sites for hydroxylation is 1. The smallest absolute Gasteiger partial charge is 0.266 e. The summed E-state index contributed by atoms with van der Waals surface area (Å²) in [5.74, 6) is 0.350. The molecular weight excluding hydrogens is 536 g/mol. The molecule has 1 unspecified atom stereocenters. The van der Waals surface area contributed by atoms with Crippen LogP contribution in [0.2, 0.25) is 0 Å². The number of ether oxygens (including phenoxy) is 1. The molecule has 1 aromatic heterocycles. The van der Waals surface area contributed by atoms with E-state index in [0.717, 1.165) is 29.9 Å². The van der Waals surface area contributed by atoms with Crippen molar-refractivity contribution in [2.45, 2.75) is 51.0 Å². The van der Waals surface area contributed by atoms with Gasteiger partial charge in [-0.2, -0.15) is 4.31 Å². The highest BCUT2D eigenvalue weighted by atomic mass is 32.2. The third-order valence-corrected chi connectivity index (χ3v) is 9.80. The molecule has 5 rings (SSSR count). The zero-order chi connectivity index (χ0) is 29.5. The van der Waals surface area contributed by atoms with Crippen molar-refractivity contribution in [1.29, 1.82) is 0 Å². The van der Waals surface area contributed by atoms with Crippen LogP contribution in [0, 0.1) is 6.92 Å². The van der Waals surface area contributed by atoms with Gasteiger partial charge in [-0.05, 0) is 67.3 Å². The molecule has 0 aliphatic carbocycles. The second-order valence-electron chi connectivity index (χ2n) is 11.7. The summed E-state index contributed by atoms with van der Waals surface area (Å²) in [6, 6.07) is 19.6. The molecule has 0 N–H and O–H groups in total. The van der Waals surface area contributed by atoms with Crippen LogP contribution >= 0.6 is 0 Å². The second kappa shape index (κ2) is 11.0. The van der Waals surface area contributed by atoms with E-state index in [1.54, 1.807) is 23.6 Å². The van der Waals surface area contributed by atoms with Crippen LogP contribution in [0.4, 0.5) is 5.69 Å². The van der Waals surface area contributed by atoms with Crippen molar-refractivity contribution in [3.05, 3.63) is 94.0 Å². The summed E-state index contributed by atoms with van der Waals surface area (Å²) in [6.07, 6.45) is 0. The number of nitrogens with zero attached hydrogens (tertiary/aromatic N) is 4. The van der Waals surface area contributed by atoms with Gasteiger partial charge in [0.1, 0.15) is 5.82 Å². The maximum Gasteiger partial charge on any atom is 0.266 e. The number of hydrogen-bond donors (Lipinski definition) is 0. The average molecular weight is 575 g/mol. The molecule has 2 heterocycles. The zero-order valence-corrected chi connectivity index (χ0v) is 25.4. The number of aromatic nitrogens is 2. The Kier molecular flexibility index (Phi) is 7.80. The number of morpholine rings is 1. The number of rotatable bonds is 6. The molecule has 1 fully saturated rings. The maximum absolute atomic E-state index is 14.2. The van der Waals surface area contributed by atoms with Crippen molar-refractivity contribution >= 4 is 26.6 Å². The molecule has 1 saturated heterocycles. The van der Waals surface area contributed by atoms with Gasteiger partial charge >= 0.3 is 0 Å². The average Bonchev–Trinajstić information content (AvgIpc) is 2.97. The highest BCUT2D eigenvalue weighted by Gasteiger charge is 2.30. The van der Waals surface area contributed by atoms with Gasteiger partial charge in [0.25, 0.3) is 5.56 Å². The van der Waals surface area contributed by atoms with Crippen LogP contribution in [0.3, 0.4) is 0 Å². The Morgan fingerprint density at radius 1 is 0.927 bits per heavy atom. The topological polar surface area (TPSA) is 84.7 Å². The van der Waals surface area contributed by atoms with Gasteiger partial charge in [-0.15, -0.1) is 0 Å². The van der Waals surface area contributed by atoms with Gasteiger partial charge in [0.05, 0.1) is 40.7 Å². The van der Waals surface area contributed by atoms with Gasteiger partial charge in [-0.25, -0.2) is 13.4 Å². The standard InChI is InChI=1S/C32H38N4O4S/c1-22-7-11-25(12-8-22)36-30(23(2)34(6)41(38,39)27-14-9-24(10-15-27)32(3,4)5)33-29-16-13-26(21-28(29)31(36)37)35-17-19-40-20-18-35/h7-16,21,23H,17-20H2,1-6H3. The molecule has 0 bridgehead atoms. The lowest BCUT2D eigenvalue weighted by Gasteiger charge is -2.29. The molecule has 1 aliphatic heterocycles. The molecule has 8 nitrogen and oxygen atoms in total. The predicted molar refractivity (Wildman–Crippen MR) is 164 cm³/mol. The third kappa shape index (κ3) is 5.66. The lowest BCUT2D eigenvalue weighted by molar-refractivity contribution is 0.122. The molecule has 1 atom stereocenters. The van der Waals surface area contributed by atoms with Gasteiger partial charge in [0, 0.05) is 25.8 Å². The first-order valence-electron chi connectivity index (χ1n) is 13.9. The SMILES string of the molecule is Cc1ccc(-n2c(C(C)N(C)S(=O)(=O)c3ccc(C(C)(C)C)cc3)nc3ccc(N4CCOCC4)cc3c2=O)cc1. The minimum atomic E-state index is -3.88. The number of fused-ring (bicyclic) bond motifs is 1. The number of benzene rings is 3. The summed E-state index contributed by atoms with van der Waals surface area (Å²) in [6.45, 7) is 12.8. The monoisotopic (exact) mass is 574 g/mol. The Morgan fingerprint density at radius 3 is 2.15 bits per heavy atom. The van der Waals surface area contributed by atoms with Crippen molar-refractivity contribution in [3.63, 3.8) is 0 Å². The largest absolute Gasteiger partial charge is 0.378 e.